The van der Waals surface area contributed by atoms with Gasteiger partial charge in [0, 0.05) is 17.1 Å². The molecule has 3 nitrogen and oxygen atoms in total. The molecule has 0 spiro atoms. The van der Waals surface area contributed by atoms with Crippen LogP contribution in [0.4, 0.5) is 5.69 Å². The van der Waals surface area contributed by atoms with E-state index >= 15 is 0 Å². The summed E-state index contributed by atoms with van der Waals surface area (Å²) in [7, 11) is 0. The van der Waals surface area contributed by atoms with Crippen molar-refractivity contribution in [1.82, 2.24) is 4.90 Å². The van der Waals surface area contributed by atoms with Gasteiger partial charge < -0.3 is 10.2 Å². The normalized spacial score (nSPS) is 16.8. The van der Waals surface area contributed by atoms with Crippen LogP contribution in [0.2, 0.25) is 0 Å². The predicted molar refractivity (Wildman–Crippen MR) is 93.4 cm³/mol. The first-order valence-corrected chi connectivity index (χ1v) is 8.45. The molecule has 0 radical (unpaired) electrons. The van der Waals surface area contributed by atoms with Crippen molar-refractivity contribution in [3.8, 4) is 0 Å². The molecule has 1 aliphatic heterocycles. The van der Waals surface area contributed by atoms with Gasteiger partial charge >= 0.3 is 0 Å². The molecular formula is C19H16N2OS. The second-order valence-corrected chi connectivity index (χ2v) is 6.51. The summed E-state index contributed by atoms with van der Waals surface area (Å²) < 4.78 is 0. The van der Waals surface area contributed by atoms with Gasteiger partial charge in [0.15, 0.2) is 0 Å². The fourth-order valence-corrected chi connectivity index (χ4v) is 3.69. The van der Waals surface area contributed by atoms with Crippen LogP contribution >= 0.6 is 11.3 Å². The lowest BCUT2D eigenvalue weighted by Gasteiger charge is -2.37. The Bertz CT molecular complexity index is 814. The van der Waals surface area contributed by atoms with Crippen LogP contribution in [0.1, 0.15) is 27.0 Å². The summed E-state index contributed by atoms with van der Waals surface area (Å²) in [5, 5.41) is 5.56. The van der Waals surface area contributed by atoms with Crippen molar-refractivity contribution < 1.29 is 4.79 Å². The molecule has 3 aromatic rings. The van der Waals surface area contributed by atoms with Crippen molar-refractivity contribution in [3.63, 3.8) is 0 Å². The summed E-state index contributed by atoms with van der Waals surface area (Å²) in [4.78, 5) is 16.1. The topological polar surface area (TPSA) is 32.3 Å². The molecule has 1 unspecified atom stereocenters. The van der Waals surface area contributed by atoms with Gasteiger partial charge in [-0.2, -0.15) is 0 Å². The molecule has 1 aliphatic rings. The van der Waals surface area contributed by atoms with E-state index in [-0.39, 0.29) is 12.1 Å². The maximum absolute atomic E-state index is 13.0. The largest absolute Gasteiger partial charge is 0.360 e. The molecule has 1 aromatic heterocycles. The maximum atomic E-state index is 13.0. The highest BCUT2D eigenvalue weighted by Crippen LogP contribution is 2.35. The minimum absolute atomic E-state index is 0.0709. The number of carbonyl (C=O) groups excluding carboxylic acids is 1. The number of benzene rings is 2. The minimum Gasteiger partial charge on any atom is -0.360 e. The first kappa shape index (κ1) is 14.0. The highest BCUT2D eigenvalue weighted by atomic mass is 32.1. The van der Waals surface area contributed by atoms with E-state index < -0.39 is 0 Å². The van der Waals surface area contributed by atoms with Gasteiger partial charge in [0.1, 0.15) is 6.17 Å². The molecule has 1 amide bonds. The van der Waals surface area contributed by atoms with Crippen LogP contribution in [0.15, 0.2) is 72.1 Å². The van der Waals surface area contributed by atoms with Crippen LogP contribution < -0.4 is 5.32 Å². The Labute approximate surface area is 139 Å². The molecule has 4 heteroatoms. The van der Waals surface area contributed by atoms with Gasteiger partial charge in [-0.25, -0.2) is 0 Å². The Morgan fingerprint density at radius 2 is 1.74 bits per heavy atom. The van der Waals surface area contributed by atoms with E-state index in [1.807, 2.05) is 58.8 Å². The van der Waals surface area contributed by atoms with Crippen LogP contribution in [0.25, 0.3) is 0 Å². The third-order valence-electron chi connectivity index (χ3n) is 4.03. The van der Waals surface area contributed by atoms with E-state index in [0.717, 1.165) is 21.7 Å². The Hall–Kier alpha value is -2.59. The summed E-state index contributed by atoms with van der Waals surface area (Å²) in [5.74, 6) is 0.0709. The molecular weight excluding hydrogens is 304 g/mol. The van der Waals surface area contributed by atoms with E-state index in [9.17, 15) is 4.79 Å². The third kappa shape index (κ3) is 2.62. The van der Waals surface area contributed by atoms with Crippen LogP contribution in [-0.4, -0.2) is 10.8 Å². The molecule has 2 aromatic carbocycles. The SMILES string of the molecule is O=C1c2ccccc2NC(c2cccs2)N1Cc1ccccc1. The maximum Gasteiger partial charge on any atom is 0.258 e. The first-order valence-electron chi connectivity index (χ1n) is 7.57. The van der Waals surface area contributed by atoms with Crippen LogP contribution in [0, 0.1) is 0 Å². The summed E-state index contributed by atoms with van der Waals surface area (Å²) in [6, 6.07) is 21.9. The number of nitrogens with zero attached hydrogens (tertiary/aromatic N) is 1. The summed E-state index contributed by atoms with van der Waals surface area (Å²) in [5.41, 5.74) is 2.76. The predicted octanol–water partition coefficient (Wildman–Crippen LogP) is 4.51. The van der Waals surface area contributed by atoms with E-state index in [1.165, 1.54) is 0 Å². The first-order chi connectivity index (χ1) is 11.3. The van der Waals surface area contributed by atoms with Crippen molar-refractivity contribution in [2.45, 2.75) is 12.7 Å². The Morgan fingerprint density at radius 1 is 0.957 bits per heavy atom. The summed E-state index contributed by atoms with van der Waals surface area (Å²) in [6.45, 7) is 0.587. The number of carbonyl (C=O) groups is 1. The number of amides is 1. The molecule has 2 heterocycles. The van der Waals surface area contributed by atoms with Crippen molar-refractivity contribution in [3.05, 3.63) is 88.1 Å². The number of nitrogens with one attached hydrogen (secondary N) is 1. The molecule has 114 valence electrons. The zero-order chi connectivity index (χ0) is 15.6. The monoisotopic (exact) mass is 320 g/mol. The fraction of sp³-hybridized carbons (Fsp3) is 0.105. The second kappa shape index (κ2) is 5.89. The van der Waals surface area contributed by atoms with Gasteiger partial charge in [0.25, 0.3) is 5.91 Å². The molecule has 0 fully saturated rings. The molecule has 0 saturated heterocycles. The van der Waals surface area contributed by atoms with Gasteiger partial charge in [-0.1, -0.05) is 48.5 Å². The zero-order valence-electron chi connectivity index (χ0n) is 12.5. The van der Waals surface area contributed by atoms with E-state index in [1.54, 1.807) is 11.3 Å². The van der Waals surface area contributed by atoms with Gasteiger partial charge in [-0.3, -0.25) is 4.79 Å². The van der Waals surface area contributed by atoms with Crippen LogP contribution in [0.3, 0.4) is 0 Å². The standard InChI is InChI=1S/C19H16N2OS/c22-19-15-9-4-5-10-16(15)20-18(17-11-6-12-23-17)21(19)13-14-7-2-1-3-8-14/h1-12,18,20H,13H2. The molecule has 4 rings (SSSR count). The average Bonchev–Trinajstić information content (AvgIpc) is 3.13. The number of anilines is 1. The van der Waals surface area contributed by atoms with Gasteiger partial charge in [-0.05, 0) is 29.1 Å². The quantitative estimate of drug-likeness (QED) is 0.770. The number of thiophene rings is 1. The molecule has 0 saturated carbocycles. The molecule has 0 bridgehead atoms. The second-order valence-electron chi connectivity index (χ2n) is 5.53. The lowest BCUT2D eigenvalue weighted by atomic mass is 10.1. The average molecular weight is 320 g/mol. The molecule has 0 aliphatic carbocycles. The number of para-hydroxylation sites is 1. The Kier molecular flexibility index (Phi) is 3.60. The smallest absolute Gasteiger partial charge is 0.258 e. The Morgan fingerprint density at radius 3 is 2.52 bits per heavy atom. The zero-order valence-corrected chi connectivity index (χ0v) is 13.3. The van der Waals surface area contributed by atoms with Crippen molar-refractivity contribution in [2.75, 3.05) is 5.32 Å². The lowest BCUT2D eigenvalue weighted by molar-refractivity contribution is 0.0669. The number of rotatable bonds is 3. The minimum atomic E-state index is -0.127. The van der Waals surface area contributed by atoms with Crippen molar-refractivity contribution >= 4 is 22.9 Å². The van der Waals surface area contributed by atoms with E-state index in [0.29, 0.717) is 6.54 Å². The van der Waals surface area contributed by atoms with E-state index in [2.05, 4.69) is 23.5 Å². The third-order valence-corrected chi connectivity index (χ3v) is 4.96. The van der Waals surface area contributed by atoms with Crippen molar-refractivity contribution in [1.29, 1.82) is 0 Å². The highest BCUT2D eigenvalue weighted by Gasteiger charge is 2.33. The molecule has 1 N–H and O–H groups in total. The van der Waals surface area contributed by atoms with Gasteiger partial charge in [-0.15, -0.1) is 11.3 Å². The molecule has 1 atom stereocenters. The van der Waals surface area contributed by atoms with Gasteiger partial charge in [0.2, 0.25) is 0 Å². The summed E-state index contributed by atoms with van der Waals surface area (Å²) in [6.07, 6.45) is -0.127. The van der Waals surface area contributed by atoms with Crippen LogP contribution in [-0.2, 0) is 6.54 Å². The number of hydrogen-bond donors (Lipinski definition) is 1. The lowest BCUT2D eigenvalue weighted by Crippen LogP contribution is -2.42. The van der Waals surface area contributed by atoms with Crippen molar-refractivity contribution in [2.24, 2.45) is 0 Å². The molecule has 23 heavy (non-hydrogen) atoms. The Balaban J connectivity index is 1.75. The highest BCUT2D eigenvalue weighted by molar-refractivity contribution is 7.10. The fourth-order valence-electron chi connectivity index (χ4n) is 2.91. The van der Waals surface area contributed by atoms with Gasteiger partial charge in [0.05, 0.1) is 5.56 Å². The summed E-state index contributed by atoms with van der Waals surface area (Å²) >= 11 is 1.66. The number of hydrogen-bond acceptors (Lipinski definition) is 3. The van der Waals surface area contributed by atoms with Crippen LogP contribution in [0.5, 0.6) is 0 Å². The van der Waals surface area contributed by atoms with E-state index in [4.69, 9.17) is 0 Å². The number of fused-ring (bicyclic) bond motifs is 1.